The van der Waals surface area contributed by atoms with Crippen LogP contribution in [-0.4, -0.2) is 124 Å². The Hall–Kier alpha value is -5.72. The highest BCUT2D eigenvalue weighted by Gasteiger charge is 2.40. The molecule has 3 rings (SSSR count). The van der Waals surface area contributed by atoms with Crippen LogP contribution in [0.5, 0.6) is 0 Å². The van der Waals surface area contributed by atoms with Crippen molar-refractivity contribution in [3.63, 3.8) is 0 Å². The number of rotatable bonds is 23. The maximum Gasteiger partial charge on any atom is 0.245 e. The van der Waals surface area contributed by atoms with E-state index < -0.39 is 83.7 Å². The van der Waals surface area contributed by atoms with Gasteiger partial charge in [0, 0.05) is 50.1 Å². The zero-order chi connectivity index (χ0) is 45.4. The Morgan fingerprint density at radius 3 is 2.03 bits per heavy atom. The van der Waals surface area contributed by atoms with Gasteiger partial charge < -0.3 is 58.4 Å². The first-order valence-electron chi connectivity index (χ1n) is 21.3. The summed E-state index contributed by atoms with van der Waals surface area (Å²) in [5, 5.41) is 27.9. The van der Waals surface area contributed by atoms with Crippen LogP contribution in [-0.2, 0) is 40.0 Å². The number of hydrogen-bond acceptors (Lipinski definition) is 9. The predicted molar refractivity (Wildman–Crippen MR) is 231 cm³/mol. The number of aliphatic imine (C=N–C) groups is 1. The Labute approximate surface area is 357 Å². The van der Waals surface area contributed by atoms with E-state index in [1.807, 2.05) is 38.1 Å². The van der Waals surface area contributed by atoms with Crippen molar-refractivity contribution in [2.24, 2.45) is 28.3 Å². The van der Waals surface area contributed by atoms with Crippen LogP contribution in [0.4, 0.5) is 0 Å². The second kappa shape index (κ2) is 23.9. The first kappa shape index (κ1) is 49.6. The molecule has 19 heteroatoms. The lowest BCUT2D eigenvalue weighted by Crippen LogP contribution is -2.62. The summed E-state index contributed by atoms with van der Waals surface area (Å²) in [5.41, 5.74) is 12.5. The van der Waals surface area contributed by atoms with Crippen molar-refractivity contribution in [3.8, 4) is 0 Å². The van der Waals surface area contributed by atoms with E-state index in [-0.39, 0.29) is 37.2 Å². The Balaban J connectivity index is 1.96. The van der Waals surface area contributed by atoms with Crippen LogP contribution in [0.1, 0.15) is 92.6 Å². The predicted octanol–water partition coefficient (Wildman–Crippen LogP) is -0.192. The van der Waals surface area contributed by atoms with Crippen LogP contribution in [0.15, 0.2) is 35.5 Å². The van der Waals surface area contributed by atoms with E-state index in [9.17, 15) is 38.7 Å². The van der Waals surface area contributed by atoms with E-state index in [1.165, 1.54) is 18.7 Å². The van der Waals surface area contributed by atoms with Gasteiger partial charge in [0.15, 0.2) is 5.96 Å². The maximum absolute atomic E-state index is 14.5. The highest BCUT2D eigenvalue weighted by Crippen LogP contribution is 2.22. The number of hydrogen-bond donors (Lipinski definition) is 10. The van der Waals surface area contributed by atoms with E-state index in [4.69, 9.17) is 11.5 Å². The Morgan fingerprint density at radius 1 is 0.836 bits per heavy atom. The molecule has 7 amide bonds. The highest BCUT2D eigenvalue weighted by atomic mass is 16.3. The van der Waals surface area contributed by atoms with Crippen LogP contribution >= 0.6 is 0 Å². The number of likely N-dealkylation sites (N-methyl/N-ethyl adjacent to an activating group) is 1. The molecule has 2 aromatic rings. The fourth-order valence-corrected chi connectivity index (χ4v) is 7.33. The van der Waals surface area contributed by atoms with Crippen LogP contribution in [0.2, 0.25) is 0 Å². The van der Waals surface area contributed by atoms with Gasteiger partial charge in [0.2, 0.25) is 41.4 Å². The van der Waals surface area contributed by atoms with Gasteiger partial charge in [0.05, 0.1) is 6.10 Å². The topological polar surface area (TPSA) is 295 Å². The van der Waals surface area contributed by atoms with Crippen molar-refractivity contribution in [2.75, 3.05) is 19.6 Å². The van der Waals surface area contributed by atoms with Crippen molar-refractivity contribution >= 4 is 58.2 Å². The molecule has 0 spiro atoms. The molecule has 338 valence electrons. The first-order chi connectivity index (χ1) is 28.9. The summed E-state index contributed by atoms with van der Waals surface area (Å²) in [5.74, 6) is -5.04. The summed E-state index contributed by atoms with van der Waals surface area (Å²) in [7, 11) is 0. The third-order valence-electron chi connectivity index (χ3n) is 11.2. The van der Waals surface area contributed by atoms with Gasteiger partial charge >= 0.3 is 0 Å². The average Bonchev–Trinajstić information content (AvgIpc) is 3.88. The molecule has 0 saturated carbocycles. The summed E-state index contributed by atoms with van der Waals surface area (Å²) >= 11 is 0. The summed E-state index contributed by atoms with van der Waals surface area (Å²) in [6.45, 7) is 12.5. The minimum absolute atomic E-state index is 0.0552. The van der Waals surface area contributed by atoms with Gasteiger partial charge in [-0.05, 0) is 63.0 Å². The Kier molecular flexibility index (Phi) is 19.5. The molecule has 19 nitrogen and oxygen atoms in total. The number of nitrogens with one attached hydrogen (secondary N) is 7. The zero-order valence-electron chi connectivity index (χ0n) is 36.5. The van der Waals surface area contributed by atoms with Crippen LogP contribution < -0.4 is 43.4 Å². The van der Waals surface area contributed by atoms with Crippen LogP contribution in [0.25, 0.3) is 10.9 Å². The number of nitrogens with two attached hydrogens (primary N) is 2. The molecular formula is C42H67N11O8. The SMILES string of the molecule is CCNC(=O)[C@@H]1CCCN1C(=O)[C@H](CCCN=C(N)N)NC(=O)[C@@H](NC(=O)[C@H](Cc1c[nH]c2ccccc12)NC(=O)[C@@H](NC(=O)[C@H](NC(C)=O)[C@H](C)CC)[C@@H](C)O)[C@@H](C)CC. The lowest BCUT2D eigenvalue weighted by Gasteiger charge is -2.32. The van der Waals surface area contributed by atoms with Gasteiger partial charge in [0.25, 0.3) is 0 Å². The monoisotopic (exact) mass is 854 g/mol. The molecule has 0 radical (unpaired) electrons. The van der Waals surface area contributed by atoms with E-state index in [2.05, 4.69) is 41.9 Å². The van der Waals surface area contributed by atoms with Gasteiger partial charge in [-0.3, -0.25) is 38.6 Å². The van der Waals surface area contributed by atoms with Crippen molar-refractivity contribution in [1.82, 2.24) is 41.8 Å². The van der Waals surface area contributed by atoms with E-state index in [1.54, 1.807) is 27.0 Å². The van der Waals surface area contributed by atoms with Crippen molar-refractivity contribution < 1.29 is 38.7 Å². The fourth-order valence-electron chi connectivity index (χ4n) is 7.33. The normalized spacial score (nSPS) is 17.6. The molecule has 12 N–H and O–H groups in total. The number of carbonyl (C=O) groups excluding carboxylic acids is 7. The Bertz CT molecular complexity index is 1860. The number of nitrogens with zero attached hydrogens (tertiary/aromatic N) is 2. The van der Waals surface area contributed by atoms with E-state index >= 15 is 0 Å². The van der Waals surface area contributed by atoms with Gasteiger partial charge in [-0.15, -0.1) is 0 Å². The largest absolute Gasteiger partial charge is 0.391 e. The second-order valence-corrected chi connectivity index (χ2v) is 15.9. The third-order valence-corrected chi connectivity index (χ3v) is 11.2. The molecule has 1 saturated heterocycles. The van der Waals surface area contributed by atoms with Gasteiger partial charge in [-0.25, -0.2) is 0 Å². The molecule has 0 aliphatic carbocycles. The molecule has 0 unspecified atom stereocenters. The number of carbonyl (C=O) groups is 7. The summed E-state index contributed by atoms with van der Waals surface area (Å²) in [6, 6.07) is 0.542. The summed E-state index contributed by atoms with van der Waals surface area (Å²) in [4.78, 5) is 104. The number of benzene rings is 1. The number of amides is 7. The van der Waals surface area contributed by atoms with Gasteiger partial charge in [-0.1, -0.05) is 58.7 Å². The number of H-pyrrole nitrogens is 1. The fraction of sp³-hybridized carbons (Fsp3) is 0.619. The number of aliphatic hydroxyl groups excluding tert-OH is 1. The lowest BCUT2D eigenvalue weighted by atomic mass is 9.96. The summed E-state index contributed by atoms with van der Waals surface area (Å²) in [6.07, 6.45) is 2.72. The average molecular weight is 854 g/mol. The molecule has 1 fully saturated rings. The quantitative estimate of drug-likeness (QED) is 0.0399. The number of guanidine groups is 1. The van der Waals surface area contributed by atoms with Crippen molar-refractivity contribution in [2.45, 2.75) is 136 Å². The summed E-state index contributed by atoms with van der Waals surface area (Å²) < 4.78 is 0. The molecule has 9 atom stereocenters. The standard InChI is InChI=1S/C42H67N11O8/c1-8-23(4)33(48-26(7)55)39(59)52-35(25(6)54)40(60)50-31(21-27-22-47-29-16-12-11-15-28(27)29)36(56)51-34(24(5)9-2)38(58)49-30(17-13-19-46-42(43)44)41(61)53-20-14-18-32(53)37(57)45-10-3/h11-12,15-16,22-25,30-35,47,54H,8-10,13-14,17-21H2,1-7H3,(H,45,57)(H,48,55)(H,49,58)(H,50,60)(H,51,56)(H,52,59)(H4,43,44,46)/t23-,24+,25-,30+,31+,32+,33-,34+,35+/m1/s1. The minimum atomic E-state index is -1.53. The van der Waals surface area contributed by atoms with E-state index in [0.717, 1.165) is 10.9 Å². The number of fused-ring (bicyclic) bond motifs is 1. The zero-order valence-corrected chi connectivity index (χ0v) is 36.5. The number of aromatic nitrogens is 1. The van der Waals surface area contributed by atoms with Gasteiger partial charge in [0.1, 0.15) is 36.3 Å². The van der Waals surface area contributed by atoms with Gasteiger partial charge in [-0.2, -0.15) is 0 Å². The highest BCUT2D eigenvalue weighted by molar-refractivity contribution is 5.98. The maximum atomic E-state index is 14.5. The molecule has 1 aliphatic rings. The van der Waals surface area contributed by atoms with Crippen LogP contribution in [0, 0.1) is 11.8 Å². The minimum Gasteiger partial charge on any atom is -0.391 e. The number of likely N-dealkylation sites (tertiary alicyclic amines) is 1. The molecule has 61 heavy (non-hydrogen) atoms. The molecule has 2 heterocycles. The molecule has 1 aromatic heterocycles. The first-order valence-corrected chi connectivity index (χ1v) is 21.3. The molecular weight excluding hydrogens is 787 g/mol. The number of aromatic amines is 1. The second-order valence-electron chi connectivity index (χ2n) is 15.9. The van der Waals surface area contributed by atoms with Crippen molar-refractivity contribution in [1.29, 1.82) is 0 Å². The van der Waals surface area contributed by atoms with Crippen molar-refractivity contribution in [3.05, 3.63) is 36.0 Å². The Morgan fingerprint density at radius 2 is 1.43 bits per heavy atom. The molecule has 1 aliphatic heterocycles. The number of aliphatic hydroxyl groups is 1. The molecule has 1 aromatic carbocycles. The smallest absolute Gasteiger partial charge is 0.245 e. The van der Waals surface area contributed by atoms with Crippen LogP contribution in [0.3, 0.4) is 0 Å². The van der Waals surface area contributed by atoms with E-state index in [0.29, 0.717) is 50.8 Å². The number of para-hydroxylation sites is 1. The third kappa shape index (κ3) is 14.2. The molecule has 0 bridgehead atoms. The lowest BCUT2D eigenvalue weighted by molar-refractivity contribution is -0.142.